The maximum Gasteiger partial charge on any atom is 0.311 e. The van der Waals surface area contributed by atoms with E-state index in [4.69, 9.17) is 10.5 Å². The predicted molar refractivity (Wildman–Crippen MR) is 81.3 cm³/mol. The lowest BCUT2D eigenvalue weighted by Crippen LogP contribution is -2.47. The van der Waals surface area contributed by atoms with Crippen molar-refractivity contribution in [2.75, 3.05) is 6.61 Å². The number of nitro groups is 1. The lowest BCUT2D eigenvalue weighted by molar-refractivity contribution is -0.386. The van der Waals surface area contributed by atoms with Crippen LogP contribution in [0.1, 0.15) is 32.1 Å². The summed E-state index contributed by atoms with van der Waals surface area (Å²) in [7, 11) is 0. The molecule has 2 rings (SSSR count). The highest BCUT2D eigenvalue weighted by Crippen LogP contribution is 2.31. The molecule has 0 atom stereocenters. The van der Waals surface area contributed by atoms with Crippen LogP contribution in [0.2, 0.25) is 0 Å². The van der Waals surface area contributed by atoms with Gasteiger partial charge in [0.2, 0.25) is 0 Å². The van der Waals surface area contributed by atoms with Gasteiger partial charge in [-0.3, -0.25) is 10.1 Å². The van der Waals surface area contributed by atoms with Gasteiger partial charge in [0, 0.05) is 9.64 Å². The van der Waals surface area contributed by atoms with Crippen molar-refractivity contribution in [1.29, 1.82) is 0 Å². The van der Waals surface area contributed by atoms with Crippen molar-refractivity contribution in [3.63, 3.8) is 0 Å². The smallest absolute Gasteiger partial charge is 0.311 e. The van der Waals surface area contributed by atoms with Crippen molar-refractivity contribution in [2.24, 2.45) is 5.73 Å². The molecule has 1 aromatic carbocycles. The summed E-state index contributed by atoms with van der Waals surface area (Å²) in [4.78, 5) is 10.6. The van der Waals surface area contributed by atoms with Gasteiger partial charge in [0.15, 0.2) is 5.75 Å². The maximum atomic E-state index is 11.0. The first-order valence-electron chi connectivity index (χ1n) is 6.36. The third-order valence-corrected chi connectivity index (χ3v) is 4.15. The monoisotopic (exact) mass is 376 g/mol. The predicted octanol–water partition coefficient (Wildman–Crippen LogP) is 3.24. The Labute approximate surface area is 125 Å². The van der Waals surface area contributed by atoms with Gasteiger partial charge in [0.1, 0.15) is 6.61 Å². The van der Waals surface area contributed by atoms with Crippen molar-refractivity contribution < 1.29 is 9.66 Å². The molecule has 0 aliphatic heterocycles. The van der Waals surface area contributed by atoms with Gasteiger partial charge in [0.05, 0.1) is 10.5 Å². The molecule has 104 valence electrons. The second kappa shape index (κ2) is 6.04. The van der Waals surface area contributed by atoms with Gasteiger partial charge < -0.3 is 10.5 Å². The standard InChI is InChI=1S/C13H17IN2O3/c14-10-4-5-12(11(8-10)16(17)18)19-9-13(15)6-2-1-3-7-13/h4-5,8H,1-3,6-7,9,15H2. The van der Waals surface area contributed by atoms with Gasteiger partial charge in [-0.05, 0) is 47.6 Å². The highest BCUT2D eigenvalue weighted by Gasteiger charge is 2.29. The quantitative estimate of drug-likeness (QED) is 0.497. The number of hydrogen-bond acceptors (Lipinski definition) is 4. The third kappa shape index (κ3) is 3.79. The Morgan fingerprint density at radius 2 is 2.05 bits per heavy atom. The van der Waals surface area contributed by atoms with Crippen LogP contribution in [0.5, 0.6) is 5.75 Å². The highest BCUT2D eigenvalue weighted by molar-refractivity contribution is 14.1. The zero-order valence-corrected chi connectivity index (χ0v) is 12.8. The van der Waals surface area contributed by atoms with Gasteiger partial charge in [-0.25, -0.2) is 0 Å². The number of ether oxygens (including phenoxy) is 1. The molecule has 0 heterocycles. The molecular formula is C13H17IN2O3. The molecule has 0 aromatic heterocycles. The first kappa shape index (κ1) is 14.5. The Kier molecular flexibility index (Phi) is 4.62. The van der Waals surface area contributed by atoms with Gasteiger partial charge in [-0.1, -0.05) is 19.3 Å². The molecule has 1 aromatic rings. The summed E-state index contributed by atoms with van der Waals surface area (Å²) in [5, 5.41) is 11.0. The van der Waals surface area contributed by atoms with Crippen LogP contribution in [0, 0.1) is 13.7 Å². The van der Waals surface area contributed by atoms with E-state index in [1.807, 2.05) is 22.6 Å². The Morgan fingerprint density at radius 1 is 1.37 bits per heavy atom. The molecule has 0 unspecified atom stereocenters. The normalized spacial score (nSPS) is 18.0. The molecule has 2 N–H and O–H groups in total. The molecule has 1 fully saturated rings. The van der Waals surface area contributed by atoms with Crippen molar-refractivity contribution in [1.82, 2.24) is 0 Å². The third-order valence-electron chi connectivity index (χ3n) is 3.48. The molecule has 0 saturated heterocycles. The summed E-state index contributed by atoms with van der Waals surface area (Å²) >= 11 is 2.05. The Balaban J connectivity index is 2.08. The maximum absolute atomic E-state index is 11.0. The summed E-state index contributed by atoms with van der Waals surface area (Å²) < 4.78 is 6.44. The first-order chi connectivity index (χ1) is 9.00. The number of nitro benzene ring substituents is 1. The van der Waals surface area contributed by atoms with Crippen molar-refractivity contribution >= 4 is 28.3 Å². The van der Waals surface area contributed by atoms with E-state index in [0.717, 1.165) is 29.3 Å². The molecule has 5 nitrogen and oxygen atoms in total. The second-order valence-corrected chi connectivity index (χ2v) is 6.33. The van der Waals surface area contributed by atoms with E-state index in [9.17, 15) is 10.1 Å². The Bertz CT molecular complexity index is 473. The number of benzene rings is 1. The van der Waals surface area contributed by atoms with Crippen LogP contribution in [-0.4, -0.2) is 17.1 Å². The molecule has 1 aliphatic carbocycles. The topological polar surface area (TPSA) is 78.4 Å². The van der Waals surface area contributed by atoms with Gasteiger partial charge in [0.25, 0.3) is 0 Å². The van der Waals surface area contributed by atoms with E-state index in [1.165, 1.54) is 12.5 Å². The van der Waals surface area contributed by atoms with Crippen molar-refractivity contribution in [3.8, 4) is 5.75 Å². The minimum Gasteiger partial charge on any atom is -0.485 e. The van der Waals surface area contributed by atoms with E-state index in [-0.39, 0.29) is 11.2 Å². The minimum atomic E-state index is -0.415. The van der Waals surface area contributed by atoms with Crippen LogP contribution in [0.3, 0.4) is 0 Å². The van der Waals surface area contributed by atoms with Gasteiger partial charge in [-0.2, -0.15) is 0 Å². The summed E-state index contributed by atoms with van der Waals surface area (Å²) in [5.41, 5.74) is 5.93. The molecule has 0 bridgehead atoms. The van der Waals surface area contributed by atoms with Crippen LogP contribution < -0.4 is 10.5 Å². The second-order valence-electron chi connectivity index (χ2n) is 5.08. The fraction of sp³-hybridized carbons (Fsp3) is 0.538. The SMILES string of the molecule is NC1(COc2ccc(I)cc2[N+](=O)[O-])CCCCC1. The van der Waals surface area contributed by atoms with Crippen LogP contribution in [0.15, 0.2) is 18.2 Å². The van der Waals surface area contributed by atoms with E-state index in [1.54, 1.807) is 12.1 Å². The minimum absolute atomic E-state index is 0.00584. The van der Waals surface area contributed by atoms with E-state index in [0.29, 0.717) is 12.4 Å². The molecule has 0 radical (unpaired) electrons. The summed E-state index contributed by atoms with van der Waals surface area (Å²) in [6, 6.07) is 4.96. The molecule has 1 aliphatic rings. The van der Waals surface area contributed by atoms with Crippen LogP contribution in [-0.2, 0) is 0 Å². The van der Waals surface area contributed by atoms with Gasteiger partial charge >= 0.3 is 5.69 Å². The number of nitrogens with two attached hydrogens (primary N) is 1. The van der Waals surface area contributed by atoms with Crippen molar-refractivity contribution in [2.45, 2.75) is 37.6 Å². The number of halogens is 1. The molecule has 0 spiro atoms. The number of hydrogen-bond donors (Lipinski definition) is 1. The first-order valence-corrected chi connectivity index (χ1v) is 7.44. The molecule has 19 heavy (non-hydrogen) atoms. The van der Waals surface area contributed by atoms with Crippen LogP contribution in [0.25, 0.3) is 0 Å². The van der Waals surface area contributed by atoms with E-state index >= 15 is 0 Å². The largest absolute Gasteiger partial charge is 0.485 e. The van der Waals surface area contributed by atoms with E-state index < -0.39 is 4.92 Å². The molecule has 6 heteroatoms. The average molecular weight is 376 g/mol. The van der Waals surface area contributed by atoms with Crippen molar-refractivity contribution in [3.05, 3.63) is 31.9 Å². The Hall–Kier alpha value is -0.890. The fourth-order valence-electron chi connectivity index (χ4n) is 2.38. The zero-order chi connectivity index (χ0) is 13.9. The summed E-state index contributed by atoms with van der Waals surface area (Å²) in [6.07, 6.45) is 5.27. The highest BCUT2D eigenvalue weighted by atomic mass is 127. The molecular weight excluding hydrogens is 359 g/mol. The van der Waals surface area contributed by atoms with Crippen LogP contribution >= 0.6 is 22.6 Å². The Morgan fingerprint density at radius 3 is 2.68 bits per heavy atom. The number of nitrogens with zero attached hydrogens (tertiary/aromatic N) is 1. The van der Waals surface area contributed by atoms with Gasteiger partial charge in [-0.15, -0.1) is 0 Å². The molecule has 0 amide bonds. The lowest BCUT2D eigenvalue weighted by atomic mass is 9.83. The molecule has 1 saturated carbocycles. The summed E-state index contributed by atoms with van der Waals surface area (Å²) in [6.45, 7) is 0.342. The summed E-state index contributed by atoms with van der Waals surface area (Å²) in [5.74, 6) is 0.306. The lowest BCUT2D eigenvalue weighted by Gasteiger charge is -2.32. The fourth-order valence-corrected chi connectivity index (χ4v) is 2.85. The van der Waals surface area contributed by atoms with E-state index in [2.05, 4.69) is 0 Å². The zero-order valence-electron chi connectivity index (χ0n) is 10.6. The average Bonchev–Trinajstić information content (AvgIpc) is 2.38. The number of rotatable bonds is 4. The van der Waals surface area contributed by atoms with Crippen LogP contribution in [0.4, 0.5) is 5.69 Å².